The van der Waals surface area contributed by atoms with Crippen LogP contribution in [0.1, 0.15) is 25.3 Å². The monoisotopic (exact) mass is 219 g/mol. The minimum atomic E-state index is 0.587. The van der Waals surface area contributed by atoms with Gasteiger partial charge >= 0.3 is 0 Å². The van der Waals surface area contributed by atoms with Gasteiger partial charge in [-0.05, 0) is 23.6 Å². The van der Waals surface area contributed by atoms with Gasteiger partial charge < -0.3 is 4.90 Å². The summed E-state index contributed by atoms with van der Waals surface area (Å²) in [5, 5.41) is 0. The first-order valence-electron chi connectivity index (χ1n) is 5.28. The standard InChI is InChI=1S/C13H17NS/c1-9(2)11-5-6-13-12(7-11)14(4)10(3)8-15-13/h5-7,9H,3,8H2,1-2,4H3. The number of thioether (sulfide) groups is 1. The van der Waals surface area contributed by atoms with Gasteiger partial charge in [-0.15, -0.1) is 11.8 Å². The Labute approximate surface area is 96.2 Å². The molecule has 0 saturated heterocycles. The van der Waals surface area contributed by atoms with E-state index in [2.05, 4.69) is 50.6 Å². The molecule has 1 aliphatic rings. The van der Waals surface area contributed by atoms with E-state index in [1.165, 1.54) is 21.8 Å². The highest BCUT2D eigenvalue weighted by Gasteiger charge is 2.17. The Morgan fingerprint density at radius 1 is 1.40 bits per heavy atom. The Morgan fingerprint density at radius 3 is 2.80 bits per heavy atom. The largest absolute Gasteiger partial charge is 0.347 e. The quantitative estimate of drug-likeness (QED) is 0.705. The number of hydrogen-bond donors (Lipinski definition) is 0. The first-order chi connectivity index (χ1) is 7.09. The van der Waals surface area contributed by atoms with Crippen molar-refractivity contribution >= 4 is 17.4 Å². The second-order valence-electron chi connectivity index (χ2n) is 4.30. The van der Waals surface area contributed by atoms with Crippen LogP contribution in [-0.4, -0.2) is 12.8 Å². The van der Waals surface area contributed by atoms with Crippen LogP contribution in [0, 0.1) is 0 Å². The number of rotatable bonds is 1. The van der Waals surface area contributed by atoms with Crippen molar-refractivity contribution in [1.29, 1.82) is 0 Å². The van der Waals surface area contributed by atoms with Crippen molar-refractivity contribution in [3.8, 4) is 0 Å². The fourth-order valence-electron chi connectivity index (χ4n) is 1.71. The summed E-state index contributed by atoms with van der Waals surface area (Å²) in [5.74, 6) is 1.59. The van der Waals surface area contributed by atoms with Crippen LogP contribution in [0.3, 0.4) is 0 Å². The van der Waals surface area contributed by atoms with Gasteiger partial charge in [0.05, 0.1) is 5.69 Å². The van der Waals surface area contributed by atoms with Gasteiger partial charge in [-0.3, -0.25) is 0 Å². The molecule has 0 atom stereocenters. The van der Waals surface area contributed by atoms with Gasteiger partial charge in [0.15, 0.2) is 0 Å². The number of fused-ring (bicyclic) bond motifs is 1. The minimum Gasteiger partial charge on any atom is -0.347 e. The molecule has 2 heteroatoms. The van der Waals surface area contributed by atoms with Crippen LogP contribution in [0.15, 0.2) is 35.4 Å². The maximum absolute atomic E-state index is 4.07. The van der Waals surface area contributed by atoms with Gasteiger partial charge in [0, 0.05) is 23.4 Å². The molecule has 0 spiro atoms. The molecule has 0 N–H and O–H groups in total. The van der Waals surface area contributed by atoms with Gasteiger partial charge in [-0.25, -0.2) is 0 Å². The normalized spacial score (nSPS) is 15.7. The first kappa shape index (κ1) is 10.6. The Balaban J connectivity index is 2.45. The molecular weight excluding hydrogens is 202 g/mol. The van der Waals surface area contributed by atoms with E-state index in [0.717, 1.165) is 5.75 Å². The third-order valence-electron chi connectivity index (χ3n) is 2.88. The molecule has 2 rings (SSSR count). The summed E-state index contributed by atoms with van der Waals surface area (Å²) in [6.07, 6.45) is 0. The molecular formula is C13H17NS. The van der Waals surface area contributed by atoms with Crippen LogP contribution in [0.2, 0.25) is 0 Å². The Hall–Kier alpha value is -0.890. The second-order valence-corrected chi connectivity index (χ2v) is 5.31. The first-order valence-corrected chi connectivity index (χ1v) is 6.26. The molecule has 0 saturated carbocycles. The van der Waals surface area contributed by atoms with Crippen LogP contribution in [0.25, 0.3) is 0 Å². The van der Waals surface area contributed by atoms with Crippen LogP contribution in [-0.2, 0) is 0 Å². The molecule has 1 nitrogen and oxygen atoms in total. The maximum atomic E-state index is 4.07. The van der Waals surface area contributed by atoms with Crippen molar-refractivity contribution in [2.75, 3.05) is 17.7 Å². The van der Waals surface area contributed by atoms with Crippen LogP contribution in [0.5, 0.6) is 0 Å². The summed E-state index contributed by atoms with van der Waals surface area (Å²) >= 11 is 1.88. The zero-order valence-corrected chi connectivity index (χ0v) is 10.4. The summed E-state index contributed by atoms with van der Waals surface area (Å²) in [6.45, 7) is 8.53. The molecule has 0 unspecified atom stereocenters. The van der Waals surface area contributed by atoms with Gasteiger partial charge in [0.25, 0.3) is 0 Å². The molecule has 0 fully saturated rings. The van der Waals surface area contributed by atoms with Gasteiger partial charge in [-0.2, -0.15) is 0 Å². The molecule has 1 aliphatic heterocycles. The second kappa shape index (κ2) is 3.93. The van der Waals surface area contributed by atoms with Crippen LogP contribution < -0.4 is 4.90 Å². The van der Waals surface area contributed by atoms with Gasteiger partial charge in [-0.1, -0.05) is 26.5 Å². The van der Waals surface area contributed by atoms with E-state index in [9.17, 15) is 0 Å². The number of benzene rings is 1. The van der Waals surface area contributed by atoms with Crippen molar-refractivity contribution in [3.63, 3.8) is 0 Å². The SMILES string of the molecule is C=C1CSc2ccc(C(C)C)cc2N1C. The highest BCUT2D eigenvalue weighted by atomic mass is 32.2. The maximum Gasteiger partial charge on any atom is 0.0546 e. The van der Waals surface area contributed by atoms with Crippen molar-refractivity contribution in [1.82, 2.24) is 0 Å². The molecule has 0 amide bonds. The molecule has 0 radical (unpaired) electrons. The molecule has 1 aromatic rings. The van der Waals surface area contributed by atoms with Crippen LogP contribution in [0.4, 0.5) is 5.69 Å². The van der Waals surface area contributed by atoms with Gasteiger partial charge in [0.2, 0.25) is 0 Å². The molecule has 0 aromatic heterocycles. The van der Waals surface area contributed by atoms with E-state index in [4.69, 9.17) is 0 Å². The predicted octanol–water partition coefficient (Wildman–Crippen LogP) is 3.87. The predicted molar refractivity (Wildman–Crippen MR) is 68.8 cm³/mol. The zero-order chi connectivity index (χ0) is 11.0. The highest BCUT2D eigenvalue weighted by molar-refractivity contribution is 7.99. The van der Waals surface area contributed by atoms with E-state index in [0.29, 0.717) is 5.92 Å². The molecule has 0 bridgehead atoms. The zero-order valence-electron chi connectivity index (χ0n) is 9.58. The summed E-state index contributed by atoms with van der Waals surface area (Å²) in [6, 6.07) is 6.76. The van der Waals surface area contributed by atoms with E-state index >= 15 is 0 Å². The molecule has 0 aliphatic carbocycles. The average molecular weight is 219 g/mol. The lowest BCUT2D eigenvalue weighted by molar-refractivity contribution is 0.862. The Morgan fingerprint density at radius 2 is 2.13 bits per heavy atom. The smallest absolute Gasteiger partial charge is 0.0546 e. The minimum absolute atomic E-state index is 0.587. The summed E-state index contributed by atoms with van der Waals surface area (Å²) in [4.78, 5) is 3.58. The summed E-state index contributed by atoms with van der Waals surface area (Å²) in [5.41, 5.74) is 3.90. The van der Waals surface area contributed by atoms with Crippen molar-refractivity contribution < 1.29 is 0 Å². The number of hydrogen-bond acceptors (Lipinski definition) is 2. The fraction of sp³-hybridized carbons (Fsp3) is 0.385. The van der Waals surface area contributed by atoms with E-state index in [1.807, 2.05) is 11.8 Å². The summed E-state index contributed by atoms with van der Waals surface area (Å²) in [7, 11) is 2.10. The molecule has 15 heavy (non-hydrogen) atoms. The van der Waals surface area contributed by atoms with E-state index in [1.54, 1.807) is 0 Å². The Bertz CT molecular complexity index is 396. The van der Waals surface area contributed by atoms with Crippen molar-refractivity contribution in [2.24, 2.45) is 0 Å². The van der Waals surface area contributed by atoms with Crippen molar-refractivity contribution in [2.45, 2.75) is 24.7 Å². The molecule has 1 heterocycles. The summed E-state index contributed by atoms with van der Waals surface area (Å²) < 4.78 is 0. The number of anilines is 1. The third-order valence-corrected chi connectivity index (χ3v) is 4.01. The third kappa shape index (κ3) is 1.91. The molecule has 80 valence electrons. The number of nitrogens with zero attached hydrogens (tertiary/aromatic N) is 1. The van der Waals surface area contributed by atoms with Crippen LogP contribution >= 0.6 is 11.8 Å². The average Bonchev–Trinajstić information content (AvgIpc) is 2.23. The lowest BCUT2D eigenvalue weighted by Crippen LogP contribution is -2.21. The Kier molecular flexibility index (Phi) is 2.79. The lowest BCUT2D eigenvalue weighted by atomic mass is 10.0. The van der Waals surface area contributed by atoms with Crippen molar-refractivity contribution in [3.05, 3.63) is 36.0 Å². The topological polar surface area (TPSA) is 3.24 Å². The lowest BCUT2D eigenvalue weighted by Gasteiger charge is -2.29. The fourth-order valence-corrected chi connectivity index (χ4v) is 2.73. The van der Waals surface area contributed by atoms with E-state index < -0.39 is 0 Å². The highest BCUT2D eigenvalue weighted by Crippen LogP contribution is 2.39. The van der Waals surface area contributed by atoms with E-state index in [-0.39, 0.29) is 0 Å². The molecule has 1 aromatic carbocycles. The van der Waals surface area contributed by atoms with Gasteiger partial charge in [0.1, 0.15) is 0 Å².